The van der Waals surface area contributed by atoms with E-state index in [9.17, 15) is 4.79 Å². The van der Waals surface area contributed by atoms with Crippen molar-refractivity contribution in [2.24, 2.45) is 0 Å². The molecule has 0 amide bonds. The molecule has 1 aromatic carbocycles. The van der Waals surface area contributed by atoms with E-state index in [-0.39, 0.29) is 6.54 Å². The molecule has 0 atom stereocenters. The third-order valence-electron chi connectivity index (χ3n) is 2.19. The van der Waals surface area contributed by atoms with Gasteiger partial charge in [0.25, 0.3) is 0 Å². The predicted molar refractivity (Wildman–Crippen MR) is 61.1 cm³/mol. The number of likely N-dealkylation sites (N-methyl/N-ethyl adjacent to an activating group) is 1. The smallest absolute Gasteiger partial charge is 0.317 e. The van der Waals surface area contributed by atoms with Crippen LogP contribution >= 0.6 is 0 Å². The number of carbonyl (C=O) groups is 1. The summed E-state index contributed by atoms with van der Waals surface area (Å²) >= 11 is 0. The molecule has 16 heavy (non-hydrogen) atoms. The number of carboxylic acid groups (broad SMARTS) is 1. The molecule has 4 nitrogen and oxygen atoms in total. The molecule has 0 aromatic heterocycles. The van der Waals surface area contributed by atoms with Crippen LogP contribution in [0.3, 0.4) is 0 Å². The first kappa shape index (κ1) is 12.7. The minimum absolute atomic E-state index is 0.0554. The van der Waals surface area contributed by atoms with E-state index in [4.69, 9.17) is 9.84 Å². The van der Waals surface area contributed by atoms with Crippen molar-refractivity contribution in [3.63, 3.8) is 0 Å². The fourth-order valence-electron chi connectivity index (χ4n) is 1.51. The number of nitrogens with zero attached hydrogens (tertiary/aromatic N) is 1. The molecule has 1 rings (SSSR count). The Morgan fingerprint density at radius 1 is 1.31 bits per heavy atom. The van der Waals surface area contributed by atoms with Crippen molar-refractivity contribution in [2.45, 2.75) is 13.2 Å². The van der Waals surface area contributed by atoms with Crippen LogP contribution in [-0.4, -0.2) is 36.7 Å². The molecule has 0 saturated carbocycles. The molecule has 0 heterocycles. The Kier molecular flexibility index (Phi) is 4.95. The fourth-order valence-corrected chi connectivity index (χ4v) is 1.51. The van der Waals surface area contributed by atoms with Crippen molar-refractivity contribution >= 4 is 5.97 Å². The molecule has 0 spiro atoms. The molecule has 88 valence electrons. The summed E-state index contributed by atoms with van der Waals surface area (Å²) in [5, 5.41) is 8.62. The van der Waals surface area contributed by atoms with Crippen molar-refractivity contribution in [2.75, 3.05) is 20.7 Å². The average Bonchev–Trinajstić information content (AvgIpc) is 2.20. The van der Waals surface area contributed by atoms with E-state index >= 15 is 0 Å². The van der Waals surface area contributed by atoms with Gasteiger partial charge in [-0.1, -0.05) is 24.3 Å². The summed E-state index contributed by atoms with van der Waals surface area (Å²) in [7, 11) is 3.45. The van der Waals surface area contributed by atoms with E-state index in [0.29, 0.717) is 13.2 Å². The maximum Gasteiger partial charge on any atom is 0.317 e. The van der Waals surface area contributed by atoms with Crippen LogP contribution < -0.4 is 0 Å². The summed E-state index contributed by atoms with van der Waals surface area (Å²) < 4.78 is 5.01. The van der Waals surface area contributed by atoms with E-state index in [0.717, 1.165) is 11.1 Å². The molecule has 0 fully saturated rings. The standard InChI is InChI=1S/C12H17NO3/c1-13(8-12(14)15)7-10-3-5-11(6-4-10)9-16-2/h3-6H,7-9H2,1-2H3,(H,14,15). The number of carboxylic acids is 1. The monoisotopic (exact) mass is 223 g/mol. The van der Waals surface area contributed by atoms with E-state index in [1.54, 1.807) is 19.1 Å². The van der Waals surface area contributed by atoms with Crippen LogP contribution in [0.4, 0.5) is 0 Å². The molecule has 0 aliphatic heterocycles. The highest BCUT2D eigenvalue weighted by Gasteiger charge is 2.04. The van der Waals surface area contributed by atoms with Gasteiger partial charge in [0.1, 0.15) is 0 Å². The van der Waals surface area contributed by atoms with Crippen molar-refractivity contribution < 1.29 is 14.6 Å². The Morgan fingerprint density at radius 2 is 1.88 bits per heavy atom. The van der Waals surface area contributed by atoms with Gasteiger partial charge in [-0.05, 0) is 18.2 Å². The largest absolute Gasteiger partial charge is 0.480 e. The van der Waals surface area contributed by atoms with Gasteiger partial charge in [-0.3, -0.25) is 9.69 Å². The van der Waals surface area contributed by atoms with Crippen LogP contribution in [0.15, 0.2) is 24.3 Å². The first-order valence-electron chi connectivity index (χ1n) is 5.09. The summed E-state index contributed by atoms with van der Waals surface area (Å²) in [4.78, 5) is 12.2. The number of methoxy groups -OCH3 is 1. The normalized spacial score (nSPS) is 10.7. The summed E-state index contributed by atoms with van der Waals surface area (Å²) in [6, 6.07) is 7.97. The van der Waals surface area contributed by atoms with Crippen LogP contribution in [0.2, 0.25) is 0 Å². The van der Waals surface area contributed by atoms with Gasteiger partial charge in [0.15, 0.2) is 0 Å². The highest BCUT2D eigenvalue weighted by molar-refractivity contribution is 5.69. The van der Waals surface area contributed by atoms with Gasteiger partial charge in [-0.2, -0.15) is 0 Å². The van der Waals surface area contributed by atoms with Gasteiger partial charge in [0.05, 0.1) is 13.2 Å². The lowest BCUT2D eigenvalue weighted by atomic mass is 10.1. The average molecular weight is 223 g/mol. The SMILES string of the molecule is COCc1ccc(CN(C)CC(=O)O)cc1. The zero-order valence-electron chi connectivity index (χ0n) is 9.64. The van der Waals surface area contributed by atoms with Crippen molar-refractivity contribution in [3.8, 4) is 0 Å². The van der Waals surface area contributed by atoms with Gasteiger partial charge >= 0.3 is 5.97 Å². The molecule has 1 N–H and O–H groups in total. The van der Waals surface area contributed by atoms with Crippen LogP contribution in [0, 0.1) is 0 Å². The van der Waals surface area contributed by atoms with Crippen molar-refractivity contribution in [1.82, 2.24) is 4.90 Å². The number of ether oxygens (including phenoxy) is 1. The van der Waals surface area contributed by atoms with Crippen LogP contribution in [0.25, 0.3) is 0 Å². The second-order valence-corrected chi connectivity index (χ2v) is 3.82. The number of hydrogen-bond acceptors (Lipinski definition) is 3. The first-order valence-corrected chi connectivity index (χ1v) is 5.09. The van der Waals surface area contributed by atoms with Crippen molar-refractivity contribution in [3.05, 3.63) is 35.4 Å². The molecule has 0 aliphatic rings. The Labute approximate surface area is 95.5 Å². The van der Waals surface area contributed by atoms with E-state index < -0.39 is 5.97 Å². The fraction of sp³-hybridized carbons (Fsp3) is 0.417. The van der Waals surface area contributed by atoms with E-state index in [1.165, 1.54) is 0 Å². The highest BCUT2D eigenvalue weighted by Crippen LogP contribution is 2.07. The number of aliphatic carboxylic acids is 1. The minimum Gasteiger partial charge on any atom is -0.480 e. The van der Waals surface area contributed by atoms with Gasteiger partial charge in [0, 0.05) is 13.7 Å². The first-order chi connectivity index (χ1) is 7.61. The molecule has 0 radical (unpaired) electrons. The minimum atomic E-state index is -0.807. The number of benzene rings is 1. The second kappa shape index (κ2) is 6.25. The molecular formula is C12H17NO3. The molecule has 0 aliphatic carbocycles. The Hall–Kier alpha value is -1.39. The molecule has 0 bridgehead atoms. The lowest BCUT2D eigenvalue weighted by Gasteiger charge is -2.14. The number of rotatable bonds is 6. The van der Waals surface area contributed by atoms with Gasteiger partial charge in [-0.15, -0.1) is 0 Å². The Morgan fingerprint density at radius 3 is 2.38 bits per heavy atom. The van der Waals surface area contributed by atoms with E-state index in [2.05, 4.69) is 0 Å². The lowest BCUT2D eigenvalue weighted by molar-refractivity contribution is -0.138. The third-order valence-corrected chi connectivity index (χ3v) is 2.19. The van der Waals surface area contributed by atoms with Gasteiger partial charge < -0.3 is 9.84 Å². The maximum absolute atomic E-state index is 10.5. The molecule has 1 aromatic rings. The van der Waals surface area contributed by atoms with E-state index in [1.807, 2.05) is 24.3 Å². The quantitative estimate of drug-likeness (QED) is 0.791. The summed E-state index contributed by atoms with van der Waals surface area (Å²) in [5.41, 5.74) is 2.22. The molecule has 0 unspecified atom stereocenters. The number of hydrogen-bond donors (Lipinski definition) is 1. The molecule has 0 saturated heterocycles. The predicted octanol–water partition coefficient (Wildman–Crippen LogP) is 1.35. The summed E-state index contributed by atoms with van der Waals surface area (Å²) in [6.45, 7) is 1.30. The second-order valence-electron chi connectivity index (χ2n) is 3.82. The third kappa shape index (κ3) is 4.42. The zero-order valence-corrected chi connectivity index (χ0v) is 9.64. The lowest BCUT2D eigenvalue weighted by Crippen LogP contribution is -2.25. The van der Waals surface area contributed by atoms with Crippen LogP contribution in [0.5, 0.6) is 0 Å². The van der Waals surface area contributed by atoms with Crippen LogP contribution in [-0.2, 0) is 22.7 Å². The molecule has 4 heteroatoms. The topological polar surface area (TPSA) is 49.8 Å². The van der Waals surface area contributed by atoms with Gasteiger partial charge in [0.2, 0.25) is 0 Å². The maximum atomic E-state index is 10.5. The Balaban J connectivity index is 2.51. The van der Waals surface area contributed by atoms with Crippen LogP contribution in [0.1, 0.15) is 11.1 Å². The van der Waals surface area contributed by atoms with Crippen molar-refractivity contribution in [1.29, 1.82) is 0 Å². The highest BCUT2D eigenvalue weighted by atomic mass is 16.5. The summed E-state index contributed by atoms with van der Waals surface area (Å²) in [6.07, 6.45) is 0. The zero-order chi connectivity index (χ0) is 12.0. The molecular weight excluding hydrogens is 206 g/mol. The van der Waals surface area contributed by atoms with Gasteiger partial charge in [-0.25, -0.2) is 0 Å². The summed E-state index contributed by atoms with van der Waals surface area (Å²) in [5.74, 6) is -0.807. The Bertz CT molecular complexity index is 335.